The first-order chi connectivity index (χ1) is 13.8. The number of nitrogens with one attached hydrogen (secondary N) is 2. The van der Waals surface area contributed by atoms with Crippen molar-refractivity contribution in [2.45, 2.75) is 52.0 Å². The van der Waals surface area contributed by atoms with Gasteiger partial charge in [0.2, 0.25) is 0 Å². The molecule has 1 saturated carbocycles. The maximum absolute atomic E-state index is 12.9. The number of hydrogen-bond acceptors (Lipinski definition) is 5. The molecule has 0 atom stereocenters. The number of carbonyl (C=O) groups excluding carboxylic acids is 3. The molecule has 2 N–H and O–H groups in total. The van der Waals surface area contributed by atoms with Crippen LogP contribution in [0.1, 0.15) is 56.8 Å². The van der Waals surface area contributed by atoms with Gasteiger partial charge in [0.25, 0.3) is 11.8 Å². The number of hydrazine groups is 1. The predicted molar refractivity (Wildman–Crippen MR) is 107 cm³/mol. The number of imide groups is 1. The normalized spacial score (nSPS) is 24.0. The van der Waals surface area contributed by atoms with Crippen molar-refractivity contribution in [3.05, 3.63) is 23.8 Å². The summed E-state index contributed by atoms with van der Waals surface area (Å²) in [6.07, 6.45) is 2.90. The molecule has 1 heterocycles. The molecule has 1 aliphatic carbocycles. The van der Waals surface area contributed by atoms with Gasteiger partial charge in [-0.2, -0.15) is 5.01 Å². The second kappa shape index (κ2) is 8.31. The predicted octanol–water partition coefficient (Wildman–Crippen LogP) is 2.88. The summed E-state index contributed by atoms with van der Waals surface area (Å²) in [7, 11) is 1.49. The van der Waals surface area contributed by atoms with E-state index in [1.807, 2.05) is 13.8 Å². The summed E-state index contributed by atoms with van der Waals surface area (Å²) in [5, 5.41) is 3.58. The molecule has 0 unspecified atom stereocenters. The van der Waals surface area contributed by atoms with E-state index in [-0.39, 0.29) is 5.56 Å². The zero-order valence-electron chi connectivity index (χ0n) is 17.4. The summed E-state index contributed by atoms with van der Waals surface area (Å²) >= 11 is 0. The van der Waals surface area contributed by atoms with E-state index < -0.39 is 23.4 Å². The second-order valence-corrected chi connectivity index (χ2v) is 8.35. The molecule has 1 aliphatic heterocycles. The van der Waals surface area contributed by atoms with Crippen molar-refractivity contribution in [1.82, 2.24) is 15.8 Å². The molecule has 158 valence electrons. The molecule has 8 nitrogen and oxygen atoms in total. The van der Waals surface area contributed by atoms with Crippen LogP contribution in [0.5, 0.6) is 11.5 Å². The molecule has 0 radical (unpaired) electrons. The summed E-state index contributed by atoms with van der Waals surface area (Å²) in [6.45, 7) is 6.72. The number of amides is 4. The quantitative estimate of drug-likeness (QED) is 0.712. The molecule has 0 aromatic heterocycles. The van der Waals surface area contributed by atoms with Gasteiger partial charge in [-0.25, -0.2) is 4.79 Å². The van der Waals surface area contributed by atoms with Crippen LogP contribution < -0.4 is 20.2 Å². The van der Waals surface area contributed by atoms with Crippen molar-refractivity contribution < 1.29 is 23.9 Å². The molecule has 4 amide bonds. The molecule has 3 rings (SSSR count). The molecular formula is C21H29N3O5. The lowest BCUT2D eigenvalue weighted by Crippen LogP contribution is -2.51. The molecular weight excluding hydrogens is 374 g/mol. The van der Waals surface area contributed by atoms with Gasteiger partial charge in [0, 0.05) is 5.56 Å². The van der Waals surface area contributed by atoms with E-state index in [0.717, 1.165) is 17.9 Å². The number of methoxy groups -OCH3 is 1. The minimum Gasteiger partial charge on any atom is -0.493 e. The first-order valence-electron chi connectivity index (χ1n) is 10.0. The molecule has 8 heteroatoms. The molecule has 1 aromatic carbocycles. The third-order valence-corrected chi connectivity index (χ3v) is 5.50. The van der Waals surface area contributed by atoms with Crippen molar-refractivity contribution in [1.29, 1.82) is 0 Å². The Kier molecular flexibility index (Phi) is 6.00. The van der Waals surface area contributed by atoms with Gasteiger partial charge in [-0.15, -0.1) is 0 Å². The van der Waals surface area contributed by atoms with Crippen LogP contribution >= 0.6 is 0 Å². The average molecular weight is 403 g/mol. The van der Waals surface area contributed by atoms with Crippen LogP contribution in [-0.4, -0.2) is 42.1 Å². The first kappa shape index (κ1) is 21.0. The lowest BCUT2D eigenvalue weighted by atomic mass is 9.77. The van der Waals surface area contributed by atoms with E-state index >= 15 is 0 Å². The molecule has 2 aliphatic rings. The van der Waals surface area contributed by atoms with E-state index in [0.29, 0.717) is 42.8 Å². The monoisotopic (exact) mass is 403 g/mol. The number of rotatable bonds is 6. The third kappa shape index (κ3) is 4.31. The van der Waals surface area contributed by atoms with Gasteiger partial charge in [-0.1, -0.05) is 20.8 Å². The summed E-state index contributed by atoms with van der Waals surface area (Å²) < 4.78 is 11.0. The van der Waals surface area contributed by atoms with Gasteiger partial charge >= 0.3 is 6.03 Å². The Bertz CT molecular complexity index is 800. The van der Waals surface area contributed by atoms with E-state index in [4.69, 9.17) is 9.47 Å². The van der Waals surface area contributed by atoms with Gasteiger partial charge in [0.15, 0.2) is 11.5 Å². The summed E-state index contributed by atoms with van der Waals surface area (Å²) in [6, 6.07) is 4.15. The number of ether oxygens (including phenoxy) is 2. The number of nitrogens with zero attached hydrogens (tertiary/aromatic N) is 1. The lowest BCUT2D eigenvalue weighted by molar-refractivity contribution is -0.134. The summed E-state index contributed by atoms with van der Waals surface area (Å²) in [5.41, 5.74) is 1.80. The molecule has 1 spiro atoms. The molecule has 1 saturated heterocycles. The van der Waals surface area contributed by atoms with E-state index in [1.54, 1.807) is 12.1 Å². The number of urea groups is 1. The molecule has 29 heavy (non-hydrogen) atoms. The van der Waals surface area contributed by atoms with Crippen LogP contribution in [0.4, 0.5) is 4.79 Å². The summed E-state index contributed by atoms with van der Waals surface area (Å²) in [5.74, 6) is 0.849. The van der Waals surface area contributed by atoms with E-state index in [1.165, 1.54) is 13.2 Å². The van der Waals surface area contributed by atoms with Crippen LogP contribution in [0.2, 0.25) is 0 Å². The standard InChI is InChI=1S/C21H29N3O5/c1-13(2)12-29-16-6-5-15(11-17(16)28-4)18(25)23-24-19(26)21(22-20(24)27)9-7-14(3)8-10-21/h5-6,11,13-14H,7-10,12H2,1-4H3,(H,22,27)(H,23,25). The van der Waals surface area contributed by atoms with E-state index in [2.05, 4.69) is 17.7 Å². The lowest BCUT2D eigenvalue weighted by Gasteiger charge is -2.33. The Morgan fingerprint density at radius 1 is 1.28 bits per heavy atom. The minimum atomic E-state index is -0.900. The van der Waals surface area contributed by atoms with Crippen LogP contribution in [0, 0.1) is 11.8 Å². The highest BCUT2D eigenvalue weighted by Crippen LogP contribution is 2.36. The Morgan fingerprint density at radius 3 is 2.59 bits per heavy atom. The van der Waals surface area contributed by atoms with Crippen molar-refractivity contribution in [3.8, 4) is 11.5 Å². The van der Waals surface area contributed by atoms with Gasteiger partial charge in [-0.05, 0) is 55.7 Å². The fourth-order valence-electron chi connectivity index (χ4n) is 3.67. The highest BCUT2D eigenvalue weighted by atomic mass is 16.5. The van der Waals surface area contributed by atoms with Crippen molar-refractivity contribution in [3.63, 3.8) is 0 Å². The van der Waals surface area contributed by atoms with Gasteiger partial charge in [-0.3, -0.25) is 15.0 Å². The maximum atomic E-state index is 12.9. The minimum absolute atomic E-state index is 0.262. The maximum Gasteiger partial charge on any atom is 0.344 e. The van der Waals surface area contributed by atoms with Crippen LogP contribution in [0.15, 0.2) is 18.2 Å². The average Bonchev–Trinajstić information content (AvgIpc) is 2.92. The largest absolute Gasteiger partial charge is 0.493 e. The van der Waals surface area contributed by atoms with Crippen LogP contribution in [0.25, 0.3) is 0 Å². The van der Waals surface area contributed by atoms with Crippen LogP contribution in [-0.2, 0) is 4.79 Å². The highest BCUT2D eigenvalue weighted by Gasteiger charge is 2.52. The topological polar surface area (TPSA) is 97.0 Å². The number of hydrogen-bond donors (Lipinski definition) is 2. The second-order valence-electron chi connectivity index (χ2n) is 8.35. The number of carbonyl (C=O) groups is 3. The van der Waals surface area contributed by atoms with Crippen molar-refractivity contribution >= 4 is 17.8 Å². The van der Waals surface area contributed by atoms with Gasteiger partial charge in [0.1, 0.15) is 5.54 Å². The Labute approximate surface area is 170 Å². The molecule has 0 bridgehead atoms. The Balaban J connectivity index is 1.71. The first-order valence-corrected chi connectivity index (χ1v) is 10.0. The zero-order valence-corrected chi connectivity index (χ0v) is 17.4. The molecule has 1 aromatic rings. The summed E-state index contributed by atoms with van der Waals surface area (Å²) in [4.78, 5) is 37.9. The zero-order chi connectivity index (χ0) is 21.2. The van der Waals surface area contributed by atoms with Gasteiger partial charge in [0.05, 0.1) is 13.7 Å². The van der Waals surface area contributed by atoms with Crippen LogP contribution in [0.3, 0.4) is 0 Å². The number of benzene rings is 1. The highest BCUT2D eigenvalue weighted by molar-refractivity contribution is 6.09. The van der Waals surface area contributed by atoms with Gasteiger partial charge < -0.3 is 14.8 Å². The fraction of sp³-hybridized carbons (Fsp3) is 0.571. The van der Waals surface area contributed by atoms with E-state index in [9.17, 15) is 14.4 Å². The Morgan fingerprint density at radius 2 is 1.97 bits per heavy atom. The van der Waals surface area contributed by atoms with Crippen molar-refractivity contribution in [2.24, 2.45) is 11.8 Å². The smallest absolute Gasteiger partial charge is 0.344 e. The Hall–Kier alpha value is -2.77. The SMILES string of the molecule is COc1cc(C(=O)NN2C(=O)NC3(CCC(C)CC3)C2=O)ccc1OCC(C)C. The van der Waals surface area contributed by atoms with Crippen molar-refractivity contribution in [2.75, 3.05) is 13.7 Å². The molecule has 2 fully saturated rings. The third-order valence-electron chi connectivity index (χ3n) is 5.50. The fourth-order valence-corrected chi connectivity index (χ4v) is 3.67.